The highest BCUT2D eigenvalue weighted by Gasteiger charge is 2.17. The second-order valence-electron chi connectivity index (χ2n) is 4.46. The van der Waals surface area contributed by atoms with Crippen molar-refractivity contribution in [3.8, 4) is 5.75 Å². The van der Waals surface area contributed by atoms with E-state index in [9.17, 15) is 13.2 Å². The van der Waals surface area contributed by atoms with E-state index in [1.807, 2.05) is 0 Å². The van der Waals surface area contributed by atoms with Gasteiger partial charge in [-0.05, 0) is 36.2 Å². The summed E-state index contributed by atoms with van der Waals surface area (Å²) in [6, 6.07) is 9.88. The van der Waals surface area contributed by atoms with Crippen LogP contribution in [-0.4, -0.2) is 6.61 Å². The first-order valence-electron chi connectivity index (χ1n) is 6.04. The van der Waals surface area contributed by atoms with E-state index in [0.717, 1.165) is 0 Å². The van der Waals surface area contributed by atoms with Crippen molar-refractivity contribution in [2.75, 3.05) is 0 Å². The van der Waals surface area contributed by atoms with E-state index in [1.165, 1.54) is 18.2 Å². The molecule has 0 radical (unpaired) electrons. The quantitative estimate of drug-likeness (QED) is 0.925. The largest absolute Gasteiger partial charge is 0.434 e. The zero-order valence-corrected chi connectivity index (χ0v) is 10.8. The average molecular weight is 281 g/mol. The Morgan fingerprint density at radius 1 is 1.10 bits per heavy atom. The van der Waals surface area contributed by atoms with Gasteiger partial charge in [-0.15, -0.1) is 0 Å². The van der Waals surface area contributed by atoms with Crippen LogP contribution in [0.5, 0.6) is 5.75 Å². The SMILES string of the molecule is Cc1cc(F)cc(C(N)c2ccccc2OC(F)F)c1. The lowest BCUT2D eigenvalue weighted by atomic mass is 9.97. The molecule has 0 aliphatic carbocycles. The van der Waals surface area contributed by atoms with Crippen LogP contribution >= 0.6 is 0 Å². The van der Waals surface area contributed by atoms with E-state index in [0.29, 0.717) is 16.7 Å². The molecule has 2 nitrogen and oxygen atoms in total. The number of nitrogens with two attached hydrogens (primary N) is 1. The van der Waals surface area contributed by atoms with Crippen molar-refractivity contribution >= 4 is 0 Å². The molecular formula is C15H14F3NO. The van der Waals surface area contributed by atoms with Crippen LogP contribution < -0.4 is 10.5 Å². The molecule has 0 bridgehead atoms. The fourth-order valence-electron chi connectivity index (χ4n) is 2.06. The molecule has 0 saturated heterocycles. The smallest absolute Gasteiger partial charge is 0.387 e. The number of aryl methyl sites for hydroxylation is 1. The second-order valence-corrected chi connectivity index (χ2v) is 4.46. The first-order chi connectivity index (χ1) is 9.47. The Morgan fingerprint density at radius 3 is 2.45 bits per heavy atom. The minimum Gasteiger partial charge on any atom is -0.434 e. The number of alkyl halides is 2. The molecule has 5 heteroatoms. The standard InChI is InChI=1S/C15H14F3NO/c1-9-6-10(8-11(16)7-9)14(19)12-4-2-3-5-13(12)20-15(17)18/h2-8,14-15H,19H2,1H3. The van der Waals surface area contributed by atoms with E-state index < -0.39 is 18.5 Å². The predicted molar refractivity (Wildman–Crippen MR) is 70.2 cm³/mol. The zero-order valence-electron chi connectivity index (χ0n) is 10.8. The van der Waals surface area contributed by atoms with Gasteiger partial charge in [-0.3, -0.25) is 0 Å². The van der Waals surface area contributed by atoms with E-state index in [4.69, 9.17) is 5.73 Å². The van der Waals surface area contributed by atoms with Crippen molar-refractivity contribution in [1.82, 2.24) is 0 Å². The maximum absolute atomic E-state index is 13.4. The first kappa shape index (κ1) is 14.4. The highest BCUT2D eigenvalue weighted by Crippen LogP contribution is 2.30. The summed E-state index contributed by atoms with van der Waals surface area (Å²) in [6.07, 6.45) is 0. The Labute approximate surface area is 115 Å². The third kappa shape index (κ3) is 3.30. The topological polar surface area (TPSA) is 35.2 Å². The Hall–Kier alpha value is -2.01. The average Bonchev–Trinajstić information content (AvgIpc) is 2.36. The first-order valence-corrected chi connectivity index (χ1v) is 6.04. The number of ether oxygens (including phenoxy) is 1. The Morgan fingerprint density at radius 2 is 1.80 bits per heavy atom. The van der Waals surface area contributed by atoms with Crippen molar-refractivity contribution in [2.24, 2.45) is 5.73 Å². The van der Waals surface area contributed by atoms with Crippen LogP contribution in [0, 0.1) is 12.7 Å². The number of para-hydroxylation sites is 1. The Kier molecular flexibility index (Phi) is 4.29. The van der Waals surface area contributed by atoms with Crippen LogP contribution in [0.3, 0.4) is 0 Å². The lowest BCUT2D eigenvalue weighted by Crippen LogP contribution is -2.15. The van der Waals surface area contributed by atoms with Gasteiger partial charge in [-0.2, -0.15) is 8.78 Å². The van der Waals surface area contributed by atoms with Crippen molar-refractivity contribution in [3.63, 3.8) is 0 Å². The normalized spacial score (nSPS) is 12.5. The third-order valence-corrected chi connectivity index (χ3v) is 2.89. The molecule has 2 N–H and O–H groups in total. The van der Waals surface area contributed by atoms with Crippen LogP contribution in [0.2, 0.25) is 0 Å². The highest BCUT2D eigenvalue weighted by atomic mass is 19.3. The molecule has 1 unspecified atom stereocenters. The Bertz CT molecular complexity index is 581. The second kappa shape index (κ2) is 5.96. The zero-order chi connectivity index (χ0) is 14.7. The summed E-state index contributed by atoms with van der Waals surface area (Å²) in [5.41, 5.74) is 7.64. The monoisotopic (exact) mass is 281 g/mol. The number of halogens is 3. The van der Waals surface area contributed by atoms with Crippen molar-refractivity contribution in [1.29, 1.82) is 0 Å². The van der Waals surface area contributed by atoms with Crippen LogP contribution in [0.25, 0.3) is 0 Å². The lowest BCUT2D eigenvalue weighted by molar-refractivity contribution is -0.0505. The Balaban J connectivity index is 2.39. The summed E-state index contributed by atoms with van der Waals surface area (Å²) >= 11 is 0. The minimum atomic E-state index is -2.93. The van der Waals surface area contributed by atoms with Gasteiger partial charge >= 0.3 is 6.61 Å². The summed E-state index contributed by atoms with van der Waals surface area (Å²) in [6.45, 7) is -1.20. The number of rotatable bonds is 4. The van der Waals surface area contributed by atoms with Gasteiger partial charge in [0.2, 0.25) is 0 Å². The molecule has 2 rings (SSSR count). The molecule has 2 aromatic carbocycles. The maximum Gasteiger partial charge on any atom is 0.387 e. The maximum atomic E-state index is 13.4. The van der Waals surface area contributed by atoms with Crippen LogP contribution in [0.1, 0.15) is 22.7 Å². The van der Waals surface area contributed by atoms with Crippen molar-refractivity contribution in [3.05, 3.63) is 65.0 Å². The molecule has 106 valence electrons. The van der Waals surface area contributed by atoms with Gasteiger partial charge in [0.05, 0.1) is 6.04 Å². The molecule has 0 amide bonds. The van der Waals surface area contributed by atoms with E-state index >= 15 is 0 Å². The van der Waals surface area contributed by atoms with Gasteiger partial charge < -0.3 is 10.5 Å². The number of hydrogen-bond donors (Lipinski definition) is 1. The molecule has 0 heterocycles. The van der Waals surface area contributed by atoms with Gasteiger partial charge in [0.1, 0.15) is 11.6 Å². The summed E-state index contributed by atoms with van der Waals surface area (Å²) in [7, 11) is 0. The summed E-state index contributed by atoms with van der Waals surface area (Å²) in [5.74, 6) is -0.417. The summed E-state index contributed by atoms with van der Waals surface area (Å²) in [5, 5.41) is 0. The molecule has 0 aliphatic rings. The fraction of sp³-hybridized carbons (Fsp3) is 0.200. The van der Waals surface area contributed by atoms with Gasteiger partial charge in [0.15, 0.2) is 0 Å². The van der Waals surface area contributed by atoms with Crippen LogP contribution in [-0.2, 0) is 0 Å². The van der Waals surface area contributed by atoms with E-state index in [2.05, 4.69) is 4.74 Å². The minimum absolute atomic E-state index is 0.00286. The molecule has 0 saturated carbocycles. The van der Waals surface area contributed by atoms with Crippen molar-refractivity contribution < 1.29 is 17.9 Å². The predicted octanol–water partition coefficient (Wildman–Crippen LogP) is 3.78. The van der Waals surface area contributed by atoms with Crippen LogP contribution in [0.4, 0.5) is 13.2 Å². The molecule has 0 aromatic heterocycles. The molecular weight excluding hydrogens is 267 g/mol. The van der Waals surface area contributed by atoms with E-state index in [1.54, 1.807) is 31.2 Å². The van der Waals surface area contributed by atoms with E-state index in [-0.39, 0.29) is 5.75 Å². The van der Waals surface area contributed by atoms with Gasteiger partial charge in [-0.25, -0.2) is 4.39 Å². The van der Waals surface area contributed by atoms with Gasteiger partial charge in [-0.1, -0.05) is 24.3 Å². The number of hydrogen-bond acceptors (Lipinski definition) is 2. The molecule has 2 aromatic rings. The van der Waals surface area contributed by atoms with Crippen LogP contribution in [0.15, 0.2) is 42.5 Å². The lowest BCUT2D eigenvalue weighted by Gasteiger charge is -2.17. The van der Waals surface area contributed by atoms with Crippen molar-refractivity contribution in [2.45, 2.75) is 19.6 Å². The van der Waals surface area contributed by atoms with Gasteiger partial charge in [0.25, 0.3) is 0 Å². The molecule has 0 fully saturated rings. The molecule has 1 atom stereocenters. The fourth-order valence-corrected chi connectivity index (χ4v) is 2.06. The molecule has 0 spiro atoms. The molecule has 20 heavy (non-hydrogen) atoms. The highest BCUT2D eigenvalue weighted by molar-refractivity contribution is 5.42. The summed E-state index contributed by atoms with van der Waals surface area (Å²) < 4.78 is 42.6. The van der Waals surface area contributed by atoms with Gasteiger partial charge in [0, 0.05) is 5.56 Å². The number of benzene rings is 2. The summed E-state index contributed by atoms with van der Waals surface area (Å²) in [4.78, 5) is 0. The third-order valence-electron chi connectivity index (χ3n) is 2.89. The molecule has 0 aliphatic heterocycles.